The van der Waals surface area contributed by atoms with Crippen LogP contribution in [-0.4, -0.2) is 51.9 Å². The van der Waals surface area contributed by atoms with Gasteiger partial charge in [0.1, 0.15) is 9.84 Å². The molecule has 0 aromatic heterocycles. The first-order valence-corrected chi connectivity index (χ1v) is 9.01. The summed E-state index contributed by atoms with van der Waals surface area (Å²) in [5.41, 5.74) is 1.15. The molecule has 0 spiro atoms. The fourth-order valence-electron chi connectivity index (χ4n) is 1.67. The Kier molecular flexibility index (Phi) is 6.48. The molecule has 0 saturated heterocycles. The maximum atomic E-state index is 11.1. The van der Waals surface area contributed by atoms with Crippen molar-refractivity contribution in [3.63, 3.8) is 0 Å². The number of hydrogen-bond donors (Lipinski definition) is 1. The van der Waals surface area contributed by atoms with Gasteiger partial charge in [0.25, 0.3) is 0 Å². The molecule has 1 rings (SSSR count). The van der Waals surface area contributed by atoms with Crippen LogP contribution in [0.25, 0.3) is 0 Å². The highest BCUT2D eigenvalue weighted by atomic mass is 79.9. The lowest BCUT2D eigenvalue weighted by atomic mass is 10.2. The summed E-state index contributed by atoms with van der Waals surface area (Å²) >= 11 is 3.40. The molecule has 0 aliphatic carbocycles. The van der Waals surface area contributed by atoms with Crippen molar-refractivity contribution in [1.29, 1.82) is 0 Å². The van der Waals surface area contributed by atoms with Gasteiger partial charge in [0.2, 0.25) is 0 Å². The molecule has 0 fully saturated rings. The molecule has 0 aliphatic rings. The first-order chi connectivity index (χ1) is 9.31. The highest BCUT2D eigenvalue weighted by Gasteiger charge is 2.08. The summed E-state index contributed by atoms with van der Waals surface area (Å²) < 4.78 is 23.2. The Hall–Kier alpha value is -1.08. The molecule has 112 valence electrons. The highest BCUT2D eigenvalue weighted by Crippen LogP contribution is 2.11. The molecule has 0 bridgehead atoms. The summed E-state index contributed by atoms with van der Waals surface area (Å²) in [4.78, 5) is 6.10. The van der Waals surface area contributed by atoms with E-state index < -0.39 is 9.84 Å². The van der Waals surface area contributed by atoms with Gasteiger partial charge in [0.15, 0.2) is 5.96 Å². The predicted molar refractivity (Wildman–Crippen MR) is 86.7 cm³/mol. The number of nitrogens with zero attached hydrogens (tertiary/aromatic N) is 2. The van der Waals surface area contributed by atoms with Crippen LogP contribution in [0.3, 0.4) is 0 Å². The van der Waals surface area contributed by atoms with Crippen LogP contribution in [0.1, 0.15) is 5.56 Å². The molecule has 1 aromatic carbocycles. The van der Waals surface area contributed by atoms with Crippen molar-refractivity contribution >= 4 is 31.7 Å². The van der Waals surface area contributed by atoms with E-state index in [4.69, 9.17) is 0 Å². The molecule has 0 radical (unpaired) electrons. The van der Waals surface area contributed by atoms with Gasteiger partial charge in [0.05, 0.1) is 5.75 Å². The number of halogens is 1. The molecule has 1 N–H and O–H groups in total. The van der Waals surface area contributed by atoms with E-state index in [1.54, 1.807) is 7.05 Å². The fourth-order valence-corrected chi connectivity index (χ4v) is 2.41. The number of hydrogen-bond acceptors (Lipinski definition) is 3. The van der Waals surface area contributed by atoms with Gasteiger partial charge >= 0.3 is 0 Å². The van der Waals surface area contributed by atoms with Crippen molar-refractivity contribution in [2.45, 2.75) is 6.54 Å². The van der Waals surface area contributed by atoms with Crippen molar-refractivity contribution in [3.05, 3.63) is 34.3 Å². The first kappa shape index (κ1) is 17.0. The molecule has 1 aromatic rings. The maximum Gasteiger partial charge on any atom is 0.193 e. The Labute approximate surface area is 129 Å². The van der Waals surface area contributed by atoms with Crippen LogP contribution in [0.2, 0.25) is 0 Å². The lowest BCUT2D eigenvalue weighted by Crippen LogP contribution is -2.40. The summed E-state index contributed by atoms with van der Waals surface area (Å²) in [7, 11) is 0.637. The Morgan fingerprint density at radius 1 is 1.35 bits per heavy atom. The standard InChI is InChI=1S/C13H20BrN3O2S/c1-15-13(16-8-9-20(3,18)19)17(2)10-11-4-6-12(14)7-5-11/h4-7H,8-10H2,1-3H3,(H,15,16). The van der Waals surface area contributed by atoms with Gasteiger partial charge in [-0.05, 0) is 17.7 Å². The van der Waals surface area contributed by atoms with E-state index in [0.29, 0.717) is 19.0 Å². The number of rotatable bonds is 5. The number of guanidine groups is 1. The van der Waals surface area contributed by atoms with Gasteiger partial charge in [-0.25, -0.2) is 8.42 Å². The van der Waals surface area contributed by atoms with Crippen molar-refractivity contribution in [2.75, 3.05) is 32.6 Å². The van der Waals surface area contributed by atoms with E-state index in [-0.39, 0.29) is 5.75 Å². The van der Waals surface area contributed by atoms with Gasteiger partial charge in [-0.3, -0.25) is 4.99 Å². The maximum absolute atomic E-state index is 11.1. The minimum Gasteiger partial charge on any atom is -0.355 e. The van der Waals surface area contributed by atoms with Gasteiger partial charge < -0.3 is 10.2 Å². The molecule has 20 heavy (non-hydrogen) atoms. The second kappa shape index (κ2) is 7.64. The average molecular weight is 362 g/mol. The summed E-state index contributed by atoms with van der Waals surface area (Å²) in [5, 5.41) is 3.04. The monoisotopic (exact) mass is 361 g/mol. The van der Waals surface area contributed by atoms with Crippen LogP contribution >= 0.6 is 15.9 Å². The third kappa shape index (κ3) is 6.38. The molecule has 0 aliphatic heterocycles. The zero-order chi connectivity index (χ0) is 15.2. The smallest absolute Gasteiger partial charge is 0.193 e. The number of benzene rings is 1. The Morgan fingerprint density at radius 3 is 2.45 bits per heavy atom. The van der Waals surface area contributed by atoms with E-state index in [1.165, 1.54) is 6.26 Å². The minimum absolute atomic E-state index is 0.0954. The molecule has 0 atom stereocenters. The van der Waals surface area contributed by atoms with E-state index in [2.05, 4.69) is 26.2 Å². The first-order valence-electron chi connectivity index (χ1n) is 6.16. The lowest BCUT2D eigenvalue weighted by Gasteiger charge is -2.22. The highest BCUT2D eigenvalue weighted by molar-refractivity contribution is 9.10. The van der Waals surface area contributed by atoms with Crippen LogP contribution < -0.4 is 5.32 Å². The molecular weight excluding hydrogens is 342 g/mol. The normalized spacial score (nSPS) is 12.3. The topological polar surface area (TPSA) is 61.8 Å². The molecular formula is C13H20BrN3O2S. The van der Waals surface area contributed by atoms with Crippen molar-refractivity contribution in [3.8, 4) is 0 Å². The van der Waals surface area contributed by atoms with E-state index in [0.717, 1.165) is 10.0 Å². The number of nitrogens with one attached hydrogen (secondary N) is 1. The Bertz CT molecular complexity index is 555. The van der Waals surface area contributed by atoms with Crippen molar-refractivity contribution in [1.82, 2.24) is 10.2 Å². The Morgan fingerprint density at radius 2 is 1.95 bits per heavy atom. The van der Waals surface area contributed by atoms with E-state index in [1.807, 2.05) is 36.2 Å². The second-order valence-corrected chi connectivity index (χ2v) is 7.76. The minimum atomic E-state index is -2.96. The SMILES string of the molecule is CN=C(NCCS(C)(=O)=O)N(C)Cc1ccc(Br)cc1. The van der Waals surface area contributed by atoms with Gasteiger partial charge in [-0.2, -0.15) is 0 Å². The Balaban J connectivity index is 2.55. The third-order valence-electron chi connectivity index (χ3n) is 2.66. The fraction of sp³-hybridized carbons (Fsp3) is 0.462. The predicted octanol–water partition coefficient (Wildman–Crippen LogP) is 1.50. The van der Waals surface area contributed by atoms with Crippen molar-refractivity contribution in [2.24, 2.45) is 4.99 Å². The quantitative estimate of drug-likeness (QED) is 0.637. The third-order valence-corrected chi connectivity index (χ3v) is 4.14. The summed E-state index contributed by atoms with van der Waals surface area (Å²) in [6.45, 7) is 1.06. The zero-order valence-corrected chi connectivity index (χ0v) is 14.3. The van der Waals surface area contributed by atoms with Gasteiger partial charge in [-0.1, -0.05) is 28.1 Å². The molecule has 0 saturated carbocycles. The van der Waals surface area contributed by atoms with Crippen LogP contribution in [0, 0.1) is 0 Å². The average Bonchev–Trinajstić information content (AvgIpc) is 2.36. The lowest BCUT2D eigenvalue weighted by molar-refractivity contribution is 0.479. The largest absolute Gasteiger partial charge is 0.355 e. The molecule has 7 heteroatoms. The van der Waals surface area contributed by atoms with Crippen LogP contribution in [0.5, 0.6) is 0 Å². The second-order valence-electron chi connectivity index (χ2n) is 4.59. The van der Waals surface area contributed by atoms with Gasteiger partial charge in [-0.15, -0.1) is 0 Å². The van der Waals surface area contributed by atoms with Crippen LogP contribution in [0.15, 0.2) is 33.7 Å². The summed E-state index contributed by atoms with van der Waals surface area (Å²) in [6, 6.07) is 8.04. The van der Waals surface area contributed by atoms with Crippen LogP contribution in [-0.2, 0) is 16.4 Å². The van der Waals surface area contributed by atoms with E-state index in [9.17, 15) is 8.42 Å². The number of sulfone groups is 1. The number of aliphatic imine (C=N–C) groups is 1. The molecule has 5 nitrogen and oxygen atoms in total. The van der Waals surface area contributed by atoms with Gasteiger partial charge in [0, 0.05) is 37.9 Å². The van der Waals surface area contributed by atoms with Crippen molar-refractivity contribution < 1.29 is 8.42 Å². The summed E-state index contributed by atoms with van der Waals surface area (Å²) in [6.07, 6.45) is 1.23. The molecule has 0 unspecified atom stereocenters. The molecule has 0 heterocycles. The zero-order valence-electron chi connectivity index (χ0n) is 11.9. The van der Waals surface area contributed by atoms with E-state index >= 15 is 0 Å². The summed E-state index contributed by atoms with van der Waals surface area (Å²) in [5.74, 6) is 0.773. The van der Waals surface area contributed by atoms with Crippen LogP contribution in [0.4, 0.5) is 0 Å². The molecule has 0 amide bonds.